The summed E-state index contributed by atoms with van der Waals surface area (Å²) in [5, 5.41) is 5.60. The SMILES string of the molecule is COc1ccccc1OCCC(=O)Nc1ccc(NC(=O)C(C)C)cc1. The molecule has 6 nitrogen and oxygen atoms in total. The maximum absolute atomic E-state index is 12.0. The van der Waals surface area contributed by atoms with Gasteiger partial charge in [-0.2, -0.15) is 0 Å². The van der Waals surface area contributed by atoms with Crippen molar-refractivity contribution in [1.29, 1.82) is 0 Å². The van der Waals surface area contributed by atoms with Gasteiger partial charge in [0.2, 0.25) is 11.8 Å². The molecule has 0 fully saturated rings. The summed E-state index contributed by atoms with van der Waals surface area (Å²) in [7, 11) is 1.57. The van der Waals surface area contributed by atoms with Crippen LogP contribution in [0.15, 0.2) is 48.5 Å². The number of rotatable bonds is 8. The van der Waals surface area contributed by atoms with E-state index in [0.29, 0.717) is 22.9 Å². The molecular weight excluding hydrogens is 332 g/mol. The smallest absolute Gasteiger partial charge is 0.227 e. The van der Waals surface area contributed by atoms with Gasteiger partial charge in [0.15, 0.2) is 11.5 Å². The minimum absolute atomic E-state index is 0.0460. The highest BCUT2D eigenvalue weighted by molar-refractivity contribution is 5.93. The summed E-state index contributed by atoms with van der Waals surface area (Å²) < 4.78 is 10.8. The molecule has 0 radical (unpaired) electrons. The Kier molecular flexibility index (Phi) is 7.02. The molecule has 0 spiro atoms. The van der Waals surface area contributed by atoms with Crippen molar-refractivity contribution < 1.29 is 19.1 Å². The number of carbonyl (C=O) groups is 2. The molecule has 2 N–H and O–H groups in total. The highest BCUT2D eigenvalue weighted by atomic mass is 16.5. The molecule has 0 aliphatic carbocycles. The van der Waals surface area contributed by atoms with Crippen molar-refractivity contribution in [2.75, 3.05) is 24.4 Å². The Labute approximate surface area is 153 Å². The molecule has 0 heterocycles. The molecule has 0 bridgehead atoms. The number of amides is 2. The van der Waals surface area contributed by atoms with E-state index in [1.165, 1.54) is 0 Å². The Morgan fingerprint density at radius 2 is 1.50 bits per heavy atom. The van der Waals surface area contributed by atoms with E-state index in [4.69, 9.17) is 9.47 Å². The van der Waals surface area contributed by atoms with Gasteiger partial charge in [0.25, 0.3) is 0 Å². The molecule has 0 aromatic heterocycles. The number of methoxy groups -OCH3 is 1. The molecule has 0 saturated carbocycles. The number of para-hydroxylation sites is 2. The Hall–Kier alpha value is -3.02. The van der Waals surface area contributed by atoms with Crippen LogP contribution in [-0.2, 0) is 9.59 Å². The first kappa shape index (κ1) is 19.3. The van der Waals surface area contributed by atoms with Gasteiger partial charge in [0.05, 0.1) is 20.1 Å². The van der Waals surface area contributed by atoms with Gasteiger partial charge in [-0.05, 0) is 36.4 Å². The summed E-state index contributed by atoms with van der Waals surface area (Å²) in [6, 6.07) is 14.3. The Morgan fingerprint density at radius 3 is 2.08 bits per heavy atom. The Balaban J connectivity index is 1.79. The molecule has 0 aliphatic rings. The lowest BCUT2D eigenvalue weighted by Crippen LogP contribution is -2.18. The summed E-state index contributed by atoms with van der Waals surface area (Å²) in [5.74, 6) is 0.951. The lowest BCUT2D eigenvalue weighted by atomic mass is 10.2. The minimum Gasteiger partial charge on any atom is -0.493 e. The van der Waals surface area contributed by atoms with Crippen LogP contribution in [0.3, 0.4) is 0 Å². The Morgan fingerprint density at radius 1 is 0.923 bits per heavy atom. The van der Waals surface area contributed by atoms with Crippen LogP contribution in [0, 0.1) is 5.92 Å². The van der Waals surface area contributed by atoms with E-state index in [0.717, 1.165) is 0 Å². The molecule has 0 atom stereocenters. The van der Waals surface area contributed by atoms with Gasteiger partial charge >= 0.3 is 0 Å². The fourth-order valence-electron chi connectivity index (χ4n) is 2.14. The van der Waals surface area contributed by atoms with E-state index < -0.39 is 0 Å². The molecule has 0 aliphatic heterocycles. The van der Waals surface area contributed by atoms with Gasteiger partial charge in [-0.15, -0.1) is 0 Å². The highest BCUT2D eigenvalue weighted by Gasteiger charge is 2.08. The number of carbonyl (C=O) groups excluding carboxylic acids is 2. The normalized spacial score (nSPS) is 10.3. The molecule has 0 unspecified atom stereocenters. The molecule has 26 heavy (non-hydrogen) atoms. The zero-order valence-electron chi connectivity index (χ0n) is 15.2. The molecule has 2 rings (SSSR count). The van der Waals surface area contributed by atoms with Gasteiger partial charge in [-0.25, -0.2) is 0 Å². The van der Waals surface area contributed by atoms with Crippen LogP contribution in [0.5, 0.6) is 11.5 Å². The van der Waals surface area contributed by atoms with Gasteiger partial charge < -0.3 is 20.1 Å². The standard InChI is InChI=1S/C20H24N2O4/c1-14(2)20(24)22-16-10-8-15(9-11-16)21-19(23)12-13-26-18-7-5-4-6-17(18)25-3/h4-11,14H,12-13H2,1-3H3,(H,21,23)(H,22,24). The predicted molar refractivity (Wildman–Crippen MR) is 102 cm³/mol. The molecule has 2 amide bonds. The second-order valence-corrected chi connectivity index (χ2v) is 6.02. The summed E-state index contributed by atoms with van der Waals surface area (Å²) in [4.78, 5) is 23.7. The van der Waals surface area contributed by atoms with Crippen molar-refractivity contribution in [3.8, 4) is 11.5 Å². The lowest BCUT2D eigenvalue weighted by molar-refractivity contribution is -0.119. The highest BCUT2D eigenvalue weighted by Crippen LogP contribution is 2.25. The van der Waals surface area contributed by atoms with E-state index in [-0.39, 0.29) is 30.8 Å². The molecule has 2 aromatic carbocycles. The van der Waals surface area contributed by atoms with E-state index in [1.54, 1.807) is 43.5 Å². The summed E-state index contributed by atoms with van der Waals surface area (Å²) in [5.41, 5.74) is 1.36. The van der Waals surface area contributed by atoms with Crippen LogP contribution in [0.1, 0.15) is 20.3 Å². The second kappa shape index (κ2) is 9.46. The number of hydrogen-bond donors (Lipinski definition) is 2. The zero-order valence-corrected chi connectivity index (χ0v) is 15.2. The number of hydrogen-bond acceptors (Lipinski definition) is 4. The minimum atomic E-state index is -0.154. The average molecular weight is 356 g/mol. The topological polar surface area (TPSA) is 76.7 Å². The van der Waals surface area contributed by atoms with E-state index >= 15 is 0 Å². The molecule has 0 saturated heterocycles. The monoisotopic (exact) mass is 356 g/mol. The van der Waals surface area contributed by atoms with E-state index in [2.05, 4.69) is 10.6 Å². The maximum Gasteiger partial charge on any atom is 0.227 e. The summed E-state index contributed by atoms with van der Waals surface area (Å²) in [6.07, 6.45) is 0.212. The van der Waals surface area contributed by atoms with Crippen LogP contribution >= 0.6 is 0 Å². The first-order valence-corrected chi connectivity index (χ1v) is 8.46. The van der Waals surface area contributed by atoms with Crippen LogP contribution < -0.4 is 20.1 Å². The quantitative estimate of drug-likeness (QED) is 0.756. The maximum atomic E-state index is 12.0. The van der Waals surface area contributed by atoms with Crippen molar-refractivity contribution in [2.24, 2.45) is 5.92 Å². The lowest BCUT2D eigenvalue weighted by Gasteiger charge is -2.11. The van der Waals surface area contributed by atoms with Crippen molar-refractivity contribution in [2.45, 2.75) is 20.3 Å². The van der Waals surface area contributed by atoms with Crippen LogP contribution in [-0.4, -0.2) is 25.5 Å². The van der Waals surface area contributed by atoms with Crippen molar-refractivity contribution in [3.05, 3.63) is 48.5 Å². The largest absolute Gasteiger partial charge is 0.493 e. The van der Waals surface area contributed by atoms with Crippen molar-refractivity contribution in [1.82, 2.24) is 0 Å². The van der Waals surface area contributed by atoms with Crippen molar-refractivity contribution in [3.63, 3.8) is 0 Å². The third-order valence-electron chi connectivity index (χ3n) is 3.62. The Bertz CT molecular complexity index is 742. The molecular formula is C20H24N2O4. The molecule has 6 heteroatoms. The average Bonchev–Trinajstić information content (AvgIpc) is 2.63. The van der Waals surface area contributed by atoms with E-state index in [1.807, 2.05) is 26.0 Å². The number of anilines is 2. The third-order valence-corrected chi connectivity index (χ3v) is 3.62. The predicted octanol–water partition coefficient (Wildman–Crippen LogP) is 3.70. The third kappa shape index (κ3) is 5.81. The summed E-state index contributed by atoms with van der Waals surface area (Å²) >= 11 is 0. The van der Waals surface area contributed by atoms with E-state index in [9.17, 15) is 9.59 Å². The first-order chi connectivity index (χ1) is 12.5. The van der Waals surface area contributed by atoms with Crippen LogP contribution in [0.2, 0.25) is 0 Å². The number of ether oxygens (including phenoxy) is 2. The van der Waals surface area contributed by atoms with Gasteiger partial charge in [-0.1, -0.05) is 26.0 Å². The van der Waals surface area contributed by atoms with Crippen molar-refractivity contribution >= 4 is 23.2 Å². The first-order valence-electron chi connectivity index (χ1n) is 8.46. The second-order valence-electron chi connectivity index (χ2n) is 6.02. The van der Waals surface area contributed by atoms with Gasteiger partial charge in [-0.3, -0.25) is 9.59 Å². The molecule has 2 aromatic rings. The molecule has 138 valence electrons. The fourth-order valence-corrected chi connectivity index (χ4v) is 2.14. The van der Waals surface area contributed by atoms with Gasteiger partial charge in [0.1, 0.15) is 0 Å². The fraction of sp³-hybridized carbons (Fsp3) is 0.300. The van der Waals surface area contributed by atoms with Gasteiger partial charge in [0, 0.05) is 17.3 Å². The van der Waals surface area contributed by atoms with Crippen LogP contribution in [0.25, 0.3) is 0 Å². The zero-order chi connectivity index (χ0) is 18.9. The summed E-state index contributed by atoms with van der Waals surface area (Å²) in [6.45, 7) is 3.91. The number of nitrogens with one attached hydrogen (secondary N) is 2. The van der Waals surface area contributed by atoms with Crippen LogP contribution in [0.4, 0.5) is 11.4 Å². The number of benzene rings is 2.